The first-order valence-corrected chi connectivity index (χ1v) is 25.3. The molecule has 0 N–H and O–H groups in total. The number of para-hydroxylation sites is 2. The highest BCUT2D eigenvalue weighted by molar-refractivity contribution is 6.92. The van der Waals surface area contributed by atoms with Gasteiger partial charge >= 0.3 is 5.69 Å². The van der Waals surface area contributed by atoms with Crippen molar-refractivity contribution in [3.05, 3.63) is 88.8 Å². The van der Waals surface area contributed by atoms with Crippen LogP contribution < -0.4 is 27.5 Å². The summed E-state index contributed by atoms with van der Waals surface area (Å²) < 4.78 is 13.9. The maximum absolute atomic E-state index is 16.3. The second-order valence-corrected chi connectivity index (χ2v) is 20.9. The van der Waals surface area contributed by atoms with Crippen LogP contribution in [0.15, 0.2) is 82.0 Å². The molecule has 0 bridgehead atoms. The van der Waals surface area contributed by atoms with Gasteiger partial charge in [-0.3, -0.25) is 4.57 Å². The molecule has 0 amide bonds. The summed E-state index contributed by atoms with van der Waals surface area (Å²) in [6.07, 6.45) is 25.9. The minimum absolute atomic E-state index is 0.0307. The van der Waals surface area contributed by atoms with Crippen LogP contribution in [0.25, 0.3) is 60.7 Å². The van der Waals surface area contributed by atoms with Crippen molar-refractivity contribution in [3.63, 3.8) is 0 Å². The third-order valence-electron chi connectivity index (χ3n) is 17.4. The van der Waals surface area contributed by atoms with Gasteiger partial charge in [-0.15, -0.1) is 0 Å². The summed E-state index contributed by atoms with van der Waals surface area (Å²) in [5.41, 5.74) is 14.2. The Hall–Kier alpha value is -4.72. The predicted molar refractivity (Wildman–Crippen MR) is 262 cm³/mol. The number of aromatic nitrogens is 3. The highest BCUT2D eigenvalue weighted by atomic mass is 16.3. The van der Waals surface area contributed by atoms with Gasteiger partial charge in [-0.1, -0.05) is 137 Å². The summed E-state index contributed by atoms with van der Waals surface area (Å²) in [5.74, 6) is 0. The number of benzene rings is 4. The van der Waals surface area contributed by atoms with E-state index in [9.17, 15) is 0 Å². The third kappa shape index (κ3) is 5.27. The van der Waals surface area contributed by atoms with Gasteiger partial charge in [0.1, 0.15) is 22.4 Å². The zero-order valence-corrected chi connectivity index (χ0v) is 37.1. The van der Waals surface area contributed by atoms with Gasteiger partial charge in [-0.05, 0) is 128 Å². The molecule has 8 aromatic rings. The lowest BCUT2D eigenvalue weighted by molar-refractivity contribution is 0.168. The van der Waals surface area contributed by atoms with E-state index in [0.717, 1.165) is 44.3 Å². The van der Waals surface area contributed by atoms with Crippen molar-refractivity contribution in [1.82, 2.24) is 23.0 Å². The first-order chi connectivity index (χ1) is 31.2. The Morgan fingerprint density at radius 2 is 1.02 bits per heavy atom. The van der Waals surface area contributed by atoms with Crippen molar-refractivity contribution >= 4 is 90.6 Å². The van der Waals surface area contributed by atoms with Crippen molar-refractivity contribution in [2.75, 3.05) is 0 Å². The molecule has 7 nitrogen and oxygen atoms in total. The largest absolute Gasteiger partial charge is 0.454 e. The number of hydrogen-bond acceptors (Lipinski definition) is 4. The minimum atomic E-state index is 0.0307. The second-order valence-electron chi connectivity index (χ2n) is 20.9. The number of aryl methyl sites for hydroxylation is 1. The van der Waals surface area contributed by atoms with E-state index in [1.165, 1.54) is 172 Å². The fourth-order valence-corrected chi connectivity index (χ4v) is 15.0. The molecule has 0 atom stereocenters. The van der Waals surface area contributed by atoms with E-state index >= 15 is 4.79 Å². The molecule has 2 aliphatic heterocycles. The Kier molecular flexibility index (Phi) is 8.60. The van der Waals surface area contributed by atoms with Crippen LogP contribution in [0.1, 0.15) is 134 Å². The molecule has 6 aliphatic rings. The molecule has 6 heterocycles. The maximum Gasteiger partial charge on any atom is 0.340 e. The maximum atomic E-state index is 16.3. The molecule has 4 saturated carbocycles. The Balaban J connectivity index is 1.18. The van der Waals surface area contributed by atoms with Gasteiger partial charge in [0.25, 0.3) is 13.7 Å². The van der Waals surface area contributed by atoms with E-state index in [1.807, 2.05) is 0 Å². The average molecular weight is 832 g/mol. The van der Waals surface area contributed by atoms with Gasteiger partial charge in [-0.25, -0.2) is 13.6 Å². The first-order valence-electron chi connectivity index (χ1n) is 25.3. The molecule has 4 fully saturated rings. The van der Waals surface area contributed by atoms with Crippen LogP contribution in [-0.4, -0.2) is 60.9 Å². The van der Waals surface area contributed by atoms with Gasteiger partial charge < -0.3 is 14.0 Å². The quantitative estimate of drug-likeness (QED) is 0.157. The van der Waals surface area contributed by atoms with Crippen LogP contribution in [-0.2, 0) is 0 Å². The molecule has 318 valence electrons. The lowest BCUT2D eigenvalue weighted by Crippen LogP contribution is -2.70. The second kappa shape index (κ2) is 14.4. The fourth-order valence-electron chi connectivity index (χ4n) is 15.0. The molecule has 4 aliphatic carbocycles. The normalized spacial score (nSPS) is 20.5. The summed E-state index contributed by atoms with van der Waals surface area (Å²) in [6, 6.07) is 29.3. The van der Waals surface area contributed by atoms with Crippen molar-refractivity contribution in [3.8, 4) is 5.69 Å². The predicted octanol–water partition coefficient (Wildman–Crippen LogP) is 9.63. The molecule has 0 spiro atoms. The number of nitrogens with zero attached hydrogens (tertiary/aromatic N) is 5. The van der Waals surface area contributed by atoms with Crippen LogP contribution in [0.2, 0.25) is 0 Å². The highest BCUT2D eigenvalue weighted by Gasteiger charge is 2.51. The Bertz CT molecular complexity index is 3170. The smallest absolute Gasteiger partial charge is 0.340 e. The van der Waals surface area contributed by atoms with Gasteiger partial charge in [-0.2, -0.15) is 0 Å². The molecule has 63 heavy (non-hydrogen) atoms. The molecular formula is C54H59B2N5O2. The van der Waals surface area contributed by atoms with E-state index in [0.29, 0.717) is 24.2 Å². The standard InChI is InChI=1S/C54H59B2N5O2/c1-34-32-43-50-44(33-34)56(61(37-22-10-4-11-23-37)38-24-12-5-13-25-38)48-42-31-30-40-39-26-15-17-29-46(39)63-51(40)49(42)59-53(48)58(50)52-47(41-27-14-16-28-45(41)57(52)54(59)62)55(43)60(35-18-6-2-7-19-35)36-20-8-3-9-21-36/h14-17,26-33,35-38H,2-13,18-25H2,1H3. The lowest BCUT2D eigenvalue weighted by atomic mass is 9.40. The van der Waals surface area contributed by atoms with E-state index < -0.39 is 0 Å². The summed E-state index contributed by atoms with van der Waals surface area (Å²) in [4.78, 5) is 22.5. The van der Waals surface area contributed by atoms with Gasteiger partial charge in [0.05, 0.1) is 5.52 Å². The van der Waals surface area contributed by atoms with E-state index in [-0.39, 0.29) is 19.4 Å². The van der Waals surface area contributed by atoms with Crippen LogP contribution in [0, 0.1) is 6.92 Å². The molecule has 4 aromatic heterocycles. The van der Waals surface area contributed by atoms with Gasteiger partial charge in [0.2, 0.25) is 0 Å². The molecule has 0 radical (unpaired) electrons. The molecular weight excluding hydrogens is 772 g/mol. The van der Waals surface area contributed by atoms with Crippen molar-refractivity contribution in [2.45, 2.75) is 160 Å². The summed E-state index contributed by atoms with van der Waals surface area (Å²) in [5, 5.41) is 4.59. The van der Waals surface area contributed by atoms with Crippen molar-refractivity contribution in [1.29, 1.82) is 0 Å². The average Bonchev–Trinajstić information content (AvgIpc) is 4.00. The fraction of sp³-hybridized carbons (Fsp3) is 0.463. The third-order valence-corrected chi connectivity index (χ3v) is 17.4. The van der Waals surface area contributed by atoms with E-state index in [2.05, 4.69) is 103 Å². The number of rotatable bonds is 6. The monoisotopic (exact) mass is 831 g/mol. The van der Waals surface area contributed by atoms with Crippen LogP contribution >= 0.6 is 0 Å². The summed E-state index contributed by atoms with van der Waals surface area (Å²) in [7, 11) is 0. The summed E-state index contributed by atoms with van der Waals surface area (Å²) in [6.45, 7) is 2.50. The minimum Gasteiger partial charge on any atom is -0.454 e. The van der Waals surface area contributed by atoms with E-state index in [4.69, 9.17) is 4.42 Å². The first kappa shape index (κ1) is 37.6. The summed E-state index contributed by atoms with van der Waals surface area (Å²) >= 11 is 0. The van der Waals surface area contributed by atoms with Crippen LogP contribution in [0.5, 0.6) is 0 Å². The molecule has 0 saturated heterocycles. The topological polar surface area (TPSA) is 50.4 Å². The molecule has 9 heteroatoms. The number of fused-ring (bicyclic) bond motifs is 10. The number of furan rings is 1. The van der Waals surface area contributed by atoms with Crippen molar-refractivity contribution in [2.24, 2.45) is 0 Å². The molecule has 14 rings (SSSR count). The van der Waals surface area contributed by atoms with Crippen molar-refractivity contribution < 1.29 is 4.42 Å². The Labute approximate surface area is 370 Å². The zero-order chi connectivity index (χ0) is 41.5. The molecule has 0 unspecified atom stereocenters. The molecule has 4 aromatic carbocycles. The lowest BCUT2D eigenvalue weighted by Gasteiger charge is -2.49. The van der Waals surface area contributed by atoms with Crippen LogP contribution in [0.4, 0.5) is 0 Å². The zero-order valence-electron chi connectivity index (χ0n) is 37.1. The van der Waals surface area contributed by atoms with Crippen LogP contribution in [0.3, 0.4) is 0 Å². The Morgan fingerprint density at radius 3 is 1.59 bits per heavy atom. The Morgan fingerprint density at radius 1 is 0.540 bits per heavy atom. The van der Waals surface area contributed by atoms with Gasteiger partial charge in [0, 0.05) is 21.8 Å². The van der Waals surface area contributed by atoms with E-state index in [1.54, 1.807) is 0 Å². The SMILES string of the molecule is Cc1cc2c3c(c1)B(N(C1CCCCC1)C1CCCCC1)c1c4ccc5c6ccccc6oc5c4n4c(=O)n5c6ccccc6c(c5n-3c14)B2N(C1CCCCC1)C1CCCCC1. The number of hydrogen-bond donors (Lipinski definition) is 0. The highest BCUT2D eigenvalue weighted by Crippen LogP contribution is 2.41. The van der Waals surface area contributed by atoms with Gasteiger partial charge in [0.15, 0.2) is 5.58 Å².